The molecule has 2 rings (SSSR count). The van der Waals surface area contributed by atoms with Crippen molar-refractivity contribution in [1.82, 2.24) is 5.32 Å². The molecule has 0 aliphatic heterocycles. The van der Waals surface area contributed by atoms with Gasteiger partial charge in [0, 0.05) is 10.5 Å². The summed E-state index contributed by atoms with van der Waals surface area (Å²) in [4.78, 5) is 0. The lowest BCUT2D eigenvalue weighted by molar-refractivity contribution is 0.550. The molecule has 90 valence electrons. The van der Waals surface area contributed by atoms with Gasteiger partial charge in [-0.15, -0.1) is 0 Å². The Morgan fingerprint density at radius 2 is 2.00 bits per heavy atom. The number of rotatable bonds is 5. The van der Waals surface area contributed by atoms with Gasteiger partial charge in [0.15, 0.2) is 0 Å². The maximum absolute atomic E-state index is 3.55. The van der Waals surface area contributed by atoms with E-state index in [1.54, 1.807) is 11.3 Å². The number of hydrogen-bond acceptors (Lipinski definition) is 2. The van der Waals surface area contributed by atoms with Gasteiger partial charge in [-0.1, -0.05) is 35.0 Å². The second kappa shape index (κ2) is 6.34. The van der Waals surface area contributed by atoms with Crippen LogP contribution in [0.1, 0.15) is 24.1 Å². The van der Waals surface area contributed by atoms with Gasteiger partial charge in [0.2, 0.25) is 0 Å². The Balaban J connectivity index is 2.13. The van der Waals surface area contributed by atoms with E-state index in [0.29, 0.717) is 6.04 Å². The molecule has 1 aromatic carbocycles. The fraction of sp³-hybridized carbons (Fsp3) is 0.286. The molecule has 0 aliphatic rings. The SMILES string of the molecule is CCNC(Cc1ccsc1)c1ccc(Br)cc1. The maximum atomic E-state index is 3.55. The van der Waals surface area contributed by atoms with Gasteiger partial charge in [0.05, 0.1) is 0 Å². The highest BCUT2D eigenvalue weighted by atomic mass is 79.9. The van der Waals surface area contributed by atoms with Crippen LogP contribution in [0.5, 0.6) is 0 Å². The average molecular weight is 310 g/mol. The smallest absolute Gasteiger partial charge is 0.0361 e. The Labute approximate surface area is 115 Å². The molecular weight excluding hydrogens is 294 g/mol. The highest BCUT2D eigenvalue weighted by Crippen LogP contribution is 2.21. The summed E-state index contributed by atoms with van der Waals surface area (Å²) in [5.74, 6) is 0. The predicted octanol–water partition coefficient (Wildman–Crippen LogP) is 4.40. The van der Waals surface area contributed by atoms with E-state index in [4.69, 9.17) is 0 Å². The van der Waals surface area contributed by atoms with Crippen LogP contribution in [-0.2, 0) is 6.42 Å². The van der Waals surface area contributed by atoms with Crippen molar-refractivity contribution in [2.24, 2.45) is 0 Å². The summed E-state index contributed by atoms with van der Waals surface area (Å²) < 4.78 is 1.13. The van der Waals surface area contributed by atoms with E-state index < -0.39 is 0 Å². The molecule has 0 aliphatic carbocycles. The van der Waals surface area contributed by atoms with Crippen LogP contribution in [0.3, 0.4) is 0 Å². The molecular formula is C14H16BrNS. The van der Waals surface area contributed by atoms with Crippen molar-refractivity contribution in [2.75, 3.05) is 6.54 Å². The third-order valence-corrected chi connectivity index (χ3v) is 4.00. The van der Waals surface area contributed by atoms with E-state index in [0.717, 1.165) is 17.4 Å². The standard InChI is InChI=1S/C14H16BrNS/c1-2-16-14(9-11-7-8-17-10-11)12-3-5-13(15)6-4-12/h3-8,10,14,16H,2,9H2,1H3. The van der Waals surface area contributed by atoms with Crippen LogP contribution in [0.25, 0.3) is 0 Å². The monoisotopic (exact) mass is 309 g/mol. The van der Waals surface area contributed by atoms with E-state index in [1.165, 1.54) is 11.1 Å². The van der Waals surface area contributed by atoms with Gasteiger partial charge in [-0.25, -0.2) is 0 Å². The Hall–Kier alpha value is -0.640. The van der Waals surface area contributed by atoms with Crippen LogP contribution in [0.2, 0.25) is 0 Å². The highest BCUT2D eigenvalue weighted by molar-refractivity contribution is 9.10. The Bertz CT molecular complexity index is 436. The maximum Gasteiger partial charge on any atom is 0.0361 e. The van der Waals surface area contributed by atoms with Crippen LogP contribution < -0.4 is 5.32 Å². The summed E-state index contributed by atoms with van der Waals surface area (Å²) in [6.07, 6.45) is 1.05. The van der Waals surface area contributed by atoms with Gasteiger partial charge in [-0.3, -0.25) is 0 Å². The van der Waals surface area contributed by atoms with Crippen LogP contribution in [0.4, 0.5) is 0 Å². The molecule has 2 aromatic rings. The van der Waals surface area contributed by atoms with Gasteiger partial charge >= 0.3 is 0 Å². The van der Waals surface area contributed by atoms with E-state index in [2.05, 4.69) is 69.3 Å². The molecule has 1 aromatic heterocycles. The van der Waals surface area contributed by atoms with E-state index >= 15 is 0 Å². The fourth-order valence-corrected chi connectivity index (χ4v) is 2.84. The number of halogens is 1. The number of hydrogen-bond donors (Lipinski definition) is 1. The zero-order valence-corrected chi connectivity index (χ0v) is 12.2. The molecule has 1 N–H and O–H groups in total. The zero-order valence-electron chi connectivity index (χ0n) is 9.82. The molecule has 0 radical (unpaired) electrons. The van der Waals surface area contributed by atoms with E-state index in [1.807, 2.05) is 0 Å². The summed E-state index contributed by atoms with van der Waals surface area (Å²) >= 11 is 5.24. The highest BCUT2D eigenvalue weighted by Gasteiger charge is 2.11. The molecule has 0 spiro atoms. The van der Waals surface area contributed by atoms with Crippen molar-refractivity contribution in [3.8, 4) is 0 Å². The van der Waals surface area contributed by atoms with Crippen LogP contribution in [0, 0.1) is 0 Å². The minimum Gasteiger partial charge on any atom is -0.310 e. The molecule has 0 saturated carbocycles. The molecule has 3 heteroatoms. The third-order valence-electron chi connectivity index (χ3n) is 2.74. The summed E-state index contributed by atoms with van der Waals surface area (Å²) in [7, 11) is 0. The quantitative estimate of drug-likeness (QED) is 0.863. The lowest BCUT2D eigenvalue weighted by Gasteiger charge is -2.18. The summed E-state index contributed by atoms with van der Waals surface area (Å²) in [6, 6.07) is 11.2. The lowest BCUT2D eigenvalue weighted by atomic mass is 10.0. The second-order valence-electron chi connectivity index (χ2n) is 4.00. The minimum atomic E-state index is 0.405. The van der Waals surface area contributed by atoms with Gasteiger partial charge < -0.3 is 5.32 Å². The molecule has 0 bridgehead atoms. The van der Waals surface area contributed by atoms with Gasteiger partial charge in [-0.2, -0.15) is 11.3 Å². The Morgan fingerprint density at radius 1 is 1.24 bits per heavy atom. The van der Waals surface area contributed by atoms with Crippen LogP contribution in [0.15, 0.2) is 45.6 Å². The summed E-state index contributed by atoms with van der Waals surface area (Å²) in [6.45, 7) is 3.14. The summed E-state index contributed by atoms with van der Waals surface area (Å²) in [5.41, 5.74) is 2.75. The predicted molar refractivity (Wildman–Crippen MR) is 78.6 cm³/mol. The third kappa shape index (κ3) is 3.66. The van der Waals surface area contributed by atoms with Crippen molar-refractivity contribution in [3.05, 3.63) is 56.7 Å². The fourth-order valence-electron chi connectivity index (χ4n) is 1.89. The van der Waals surface area contributed by atoms with Crippen LogP contribution >= 0.6 is 27.3 Å². The van der Waals surface area contributed by atoms with Crippen molar-refractivity contribution < 1.29 is 0 Å². The molecule has 1 unspecified atom stereocenters. The largest absolute Gasteiger partial charge is 0.310 e. The molecule has 0 saturated heterocycles. The zero-order chi connectivity index (χ0) is 12.1. The van der Waals surface area contributed by atoms with Crippen LogP contribution in [-0.4, -0.2) is 6.54 Å². The van der Waals surface area contributed by atoms with Gasteiger partial charge in [0.25, 0.3) is 0 Å². The number of thiophene rings is 1. The second-order valence-corrected chi connectivity index (χ2v) is 5.69. The lowest BCUT2D eigenvalue weighted by Crippen LogP contribution is -2.22. The topological polar surface area (TPSA) is 12.0 Å². The van der Waals surface area contributed by atoms with E-state index in [9.17, 15) is 0 Å². The number of nitrogens with one attached hydrogen (secondary N) is 1. The Morgan fingerprint density at radius 3 is 2.59 bits per heavy atom. The first-order valence-corrected chi connectivity index (χ1v) is 7.53. The molecule has 1 nitrogen and oxygen atoms in total. The van der Waals surface area contributed by atoms with Crippen molar-refractivity contribution >= 4 is 27.3 Å². The summed E-state index contributed by atoms with van der Waals surface area (Å²) in [5, 5.41) is 7.91. The van der Waals surface area contributed by atoms with Crippen molar-refractivity contribution in [3.63, 3.8) is 0 Å². The number of benzene rings is 1. The first-order chi connectivity index (χ1) is 8.29. The molecule has 1 heterocycles. The first kappa shape index (κ1) is 12.8. The van der Waals surface area contributed by atoms with Crippen molar-refractivity contribution in [1.29, 1.82) is 0 Å². The molecule has 0 fully saturated rings. The van der Waals surface area contributed by atoms with Crippen molar-refractivity contribution in [2.45, 2.75) is 19.4 Å². The minimum absolute atomic E-state index is 0.405. The Kier molecular flexibility index (Phi) is 4.77. The first-order valence-electron chi connectivity index (χ1n) is 5.79. The normalized spacial score (nSPS) is 12.6. The molecule has 1 atom stereocenters. The average Bonchev–Trinajstić information content (AvgIpc) is 2.82. The molecule has 17 heavy (non-hydrogen) atoms. The van der Waals surface area contributed by atoms with Gasteiger partial charge in [0.1, 0.15) is 0 Å². The van der Waals surface area contributed by atoms with Gasteiger partial charge in [-0.05, 0) is 53.1 Å². The number of likely N-dealkylation sites (N-methyl/N-ethyl adjacent to an activating group) is 1. The molecule has 0 amide bonds. The van der Waals surface area contributed by atoms with E-state index in [-0.39, 0.29) is 0 Å².